The van der Waals surface area contributed by atoms with Crippen LogP contribution in [0.2, 0.25) is 4.34 Å². The number of ketones is 1. The van der Waals surface area contributed by atoms with Crippen LogP contribution in [0.4, 0.5) is 4.39 Å². The first-order chi connectivity index (χ1) is 8.52. The van der Waals surface area contributed by atoms with Crippen molar-refractivity contribution in [1.29, 1.82) is 0 Å². The van der Waals surface area contributed by atoms with Gasteiger partial charge in [0.1, 0.15) is 11.6 Å². The van der Waals surface area contributed by atoms with Crippen LogP contribution >= 0.6 is 38.9 Å². The Bertz CT molecular complexity index is 612. The summed E-state index contributed by atoms with van der Waals surface area (Å²) in [5.41, 5.74) is 0.296. The van der Waals surface area contributed by atoms with E-state index < -0.39 is 5.82 Å². The molecule has 0 N–H and O–H groups in total. The number of methoxy groups -OCH3 is 1. The molecule has 0 unspecified atom stereocenters. The van der Waals surface area contributed by atoms with Gasteiger partial charge in [0, 0.05) is 6.07 Å². The molecular weight excluding hydrogens is 343 g/mol. The fraction of sp³-hybridized carbons (Fsp3) is 0.0833. The van der Waals surface area contributed by atoms with Crippen LogP contribution in [0.1, 0.15) is 15.2 Å². The second kappa shape index (κ2) is 5.38. The maximum absolute atomic E-state index is 13.4. The Labute approximate surface area is 120 Å². The van der Waals surface area contributed by atoms with E-state index in [2.05, 4.69) is 15.9 Å². The highest BCUT2D eigenvalue weighted by molar-refractivity contribution is 9.10. The van der Waals surface area contributed by atoms with Crippen molar-refractivity contribution in [2.75, 3.05) is 7.11 Å². The van der Waals surface area contributed by atoms with Crippen molar-refractivity contribution in [3.05, 3.63) is 49.3 Å². The van der Waals surface area contributed by atoms with Crippen molar-refractivity contribution in [2.24, 2.45) is 0 Å². The van der Waals surface area contributed by atoms with Gasteiger partial charge in [0.25, 0.3) is 0 Å². The van der Waals surface area contributed by atoms with Crippen molar-refractivity contribution < 1.29 is 13.9 Å². The summed E-state index contributed by atoms with van der Waals surface area (Å²) in [6, 6.07) is 5.85. The Balaban J connectivity index is 2.50. The third-order valence-electron chi connectivity index (χ3n) is 2.28. The topological polar surface area (TPSA) is 26.3 Å². The SMILES string of the molecule is COc1cc(F)c(Br)cc1C(=O)c1ccc(Cl)s1. The number of ether oxygens (including phenoxy) is 1. The molecule has 0 atom stereocenters. The molecule has 2 rings (SSSR count). The van der Waals surface area contributed by atoms with Gasteiger partial charge >= 0.3 is 0 Å². The van der Waals surface area contributed by atoms with Crippen molar-refractivity contribution in [3.63, 3.8) is 0 Å². The van der Waals surface area contributed by atoms with E-state index in [1.807, 2.05) is 0 Å². The van der Waals surface area contributed by atoms with Crippen LogP contribution in [0.15, 0.2) is 28.7 Å². The first kappa shape index (κ1) is 13.5. The molecule has 0 aliphatic heterocycles. The van der Waals surface area contributed by atoms with Crippen molar-refractivity contribution in [2.45, 2.75) is 0 Å². The second-order valence-electron chi connectivity index (χ2n) is 3.40. The van der Waals surface area contributed by atoms with Crippen LogP contribution in [-0.4, -0.2) is 12.9 Å². The van der Waals surface area contributed by atoms with E-state index in [1.165, 1.54) is 30.6 Å². The summed E-state index contributed by atoms with van der Waals surface area (Å²) in [5, 5.41) is 0. The molecule has 0 aliphatic carbocycles. The molecule has 1 aromatic carbocycles. The number of hydrogen-bond acceptors (Lipinski definition) is 3. The molecule has 0 radical (unpaired) electrons. The summed E-state index contributed by atoms with van der Waals surface area (Å²) in [4.78, 5) is 12.7. The average molecular weight is 350 g/mol. The molecule has 0 bridgehead atoms. The monoisotopic (exact) mass is 348 g/mol. The van der Waals surface area contributed by atoms with E-state index in [-0.39, 0.29) is 16.0 Å². The van der Waals surface area contributed by atoms with Gasteiger partial charge in [-0.15, -0.1) is 11.3 Å². The lowest BCUT2D eigenvalue weighted by atomic mass is 10.1. The van der Waals surface area contributed by atoms with Gasteiger partial charge < -0.3 is 4.74 Å². The number of rotatable bonds is 3. The van der Waals surface area contributed by atoms with Gasteiger partial charge in [0.15, 0.2) is 0 Å². The Morgan fingerprint density at radius 2 is 2.17 bits per heavy atom. The third-order valence-corrected chi connectivity index (χ3v) is 4.12. The zero-order valence-electron chi connectivity index (χ0n) is 9.17. The van der Waals surface area contributed by atoms with Crippen LogP contribution in [0.5, 0.6) is 5.75 Å². The quantitative estimate of drug-likeness (QED) is 0.760. The number of hydrogen-bond donors (Lipinski definition) is 0. The highest BCUT2D eigenvalue weighted by atomic mass is 79.9. The molecule has 18 heavy (non-hydrogen) atoms. The number of benzene rings is 1. The predicted molar refractivity (Wildman–Crippen MR) is 73.4 cm³/mol. The van der Waals surface area contributed by atoms with Gasteiger partial charge in [-0.05, 0) is 34.1 Å². The standard InChI is InChI=1S/C12H7BrClFO2S/c1-17-9-5-8(15)7(13)4-6(9)12(16)10-2-3-11(14)18-10/h2-5H,1H3. The summed E-state index contributed by atoms with van der Waals surface area (Å²) in [6.07, 6.45) is 0. The highest BCUT2D eigenvalue weighted by Gasteiger charge is 2.18. The van der Waals surface area contributed by atoms with E-state index in [0.29, 0.717) is 14.8 Å². The molecule has 6 heteroatoms. The predicted octanol–water partition coefficient (Wildman–Crippen LogP) is 4.54. The summed E-state index contributed by atoms with van der Waals surface area (Å²) in [5.74, 6) is -0.526. The molecule has 0 saturated carbocycles. The molecule has 0 fully saturated rings. The van der Waals surface area contributed by atoms with Crippen LogP contribution in [0.25, 0.3) is 0 Å². The molecule has 0 aliphatic rings. The Hall–Kier alpha value is -0.910. The zero-order valence-corrected chi connectivity index (χ0v) is 12.3. The minimum atomic E-state index is -0.479. The minimum Gasteiger partial charge on any atom is -0.496 e. The van der Waals surface area contributed by atoms with Crippen LogP contribution in [0.3, 0.4) is 0 Å². The minimum absolute atomic E-state index is 0.199. The van der Waals surface area contributed by atoms with Gasteiger partial charge in [-0.2, -0.15) is 0 Å². The van der Waals surface area contributed by atoms with E-state index in [4.69, 9.17) is 16.3 Å². The van der Waals surface area contributed by atoms with Gasteiger partial charge in [0.2, 0.25) is 5.78 Å². The van der Waals surface area contributed by atoms with Gasteiger partial charge in [-0.25, -0.2) is 4.39 Å². The fourth-order valence-electron chi connectivity index (χ4n) is 1.44. The maximum atomic E-state index is 13.4. The third kappa shape index (κ3) is 2.58. The normalized spacial score (nSPS) is 10.4. The van der Waals surface area contributed by atoms with E-state index in [1.54, 1.807) is 12.1 Å². The Kier molecular flexibility index (Phi) is 4.04. The van der Waals surface area contributed by atoms with Crippen molar-refractivity contribution in [3.8, 4) is 5.75 Å². The average Bonchev–Trinajstić information content (AvgIpc) is 2.78. The number of thiophene rings is 1. The number of carbonyl (C=O) groups is 1. The first-order valence-electron chi connectivity index (χ1n) is 4.86. The number of halogens is 3. The van der Waals surface area contributed by atoms with Gasteiger partial charge in [0.05, 0.1) is 26.4 Å². The van der Waals surface area contributed by atoms with E-state index in [9.17, 15) is 9.18 Å². The molecule has 0 spiro atoms. The molecule has 0 saturated heterocycles. The molecule has 2 aromatic rings. The van der Waals surface area contributed by atoms with E-state index >= 15 is 0 Å². The van der Waals surface area contributed by atoms with Gasteiger partial charge in [-0.1, -0.05) is 11.6 Å². The summed E-state index contributed by atoms with van der Waals surface area (Å²) in [6.45, 7) is 0. The fourth-order valence-corrected chi connectivity index (χ4v) is 2.78. The van der Waals surface area contributed by atoms with Crippen LogP contribution in [0, 0.1) is 5.82 Å². The van der Waals surface area contributed by atoms with Crippen molar-refractivity contribution >= 4 is 44.7 Å². The summed E-state index contributed by atoms with van der Waals surface area (Å²) >= 11 is 10.0. The van der Waals surface area contributed by atoms with Crippen LogP contribution in [-0.2, 0) is 0 Å². The highest BCUT2D eigenvalue weighted by Crippen LogP contribution is 2.31. The first-order valence-corrected chi connectivity index (χ1v) is 6.84. The molecule has 2 nitrogen and oxygen atoms in total. The lowest BCUT2D eigenvalue weighted by Crippen LogP contribution is -2.03. The molecule has 1 aromatic heterocycles. The zero-order chi connectivity index (χ0) is 13.3. The van der Waals surface area contributed by atoms with Gasteiger partial charge in [-0.3, -0.25) is 4.79 Å². The second-order valence-corrected chi connectivity index (χ2v) is 5.97. The lowest BCUT2D eigenvalue weighted by Gasteiger charge is -2.07. The summed E-state index contributed by atoms with van der Waals surface area (Å²) < 4.78 is 19.1. The smallest absolute Gasteiger partial charge is 0.206 e. The van der Waals surface area contributed by atoms with Crippen LogP contribution < -0.4 is 4.74 Å². The number of carbonyl (C=O) groups excluding carboxylic acids is 1. The molecular formula is C12H7BrClFO2S. The Morgan fingerprint density at radius 3 is 2.72 bits per heavy atom. The van der Waals surface area contributed by atoms with Crippen molar-refractivity contribution in [1.82, 2.24) is 0 Å². The molecule has 1 heterocycles. The largest absolute Gasteiger partial charge is 0.496 e. The molecule has 0 amide bonds. The lowest BCUT2D eigenvalue weighted by molar-refractivity contribution is 0.103. The maximum Gasteiger partial charge on any atom is 0.206 e. The Morgan fingerprint density at radius 1 is 1.44 bits per heavy atom. The molecule has 94 valence electrons. The summed E-state index contributed by atoms with van der Waals surface area (Å²) in [7, 11) is 1.39. The van der Waals surface area contributed by atoms with E-state index in [0.717, 1.165) is 0 Å².